The van der Waals surface area contributed by atoms with Crippen molar-refractivity contribution in [3.63, 3.8) is 0 Å². The molecule has 0 saturated carbocycles. The van der Waals surface area contributed by atoms with Crippen LogP contribution in [0.15, 0.2) is 48.5 Å². The second-order valence-electron chi connectivity index (χ2n) is 6.02. The Hall–Kier alpha value is -1.64. The Balaban J connectivity index is 1.72. The van der Waals surface area contributed by atoms with Crippen LogP contribution >= 0.6 is 0 Å². The molecule has 0 bridgehead atoms. The highest BCUT2D eigenvalue weighted by Gasteiger charge is 2.23. The first-order valence-corrected chi connectivity index (χ1v) is 7.79. The van der Waals surface area contributed by atoms with Crippen molar-refractivity contribution in [2.75, 3.05) is 0 Å². The molecule has 0 heterocycles. The lowest BCUT2D eigenvalue weighted by Gasteiger charge is -2.30. The van der Waals surface area contributed by atoms with Crippen molar-refractivity contribution in [3.05, 3.63) is 70.8 Å². The maximum Gasteiger partial charge on any atom is 0.0681 e. The summed E-state index contributed by atoms with van der Waals surface area (Å²) in [6.45, 7) is 3.28. The lowest BCUT2D eigenvalue weighted by atomic mass is 9.81. The van der Waals surface area contributed by atoms with Gasteiger partial charge in [0.25, 0.3) is 0 Å². The summed E-state index contributed by atoms with van der Waals surface area (Å²) in [5.41, 5.74) is 5.16. The van der Waals surface area contributed by atoms with Crippen LogP contribution in [0.2, 0.25) is 0 Å². The normalized spacial score (nSPS) is 21.0. The third kappa shape index (κ3) is 3.17. The van der Waals surface area contributed by atoms with Crippen molar-refractivity contribution in [2.24, 2.45) is 0 Å². The summed E-state index contributed by atoms with van der Waals surface area (Å²) < 4.78 is 0. The Morgan fingerprint density at radius 1 is 1.00 bits per heavy atom. The van der Waals surface area contributed by atoms with E-state index in [0.29, 0.717) is 12.0 Å². The molecule has 2 heteroatoms. The van der Waals surface area contributed by atoms with Crippen LogP contribution in [-0.4, -0.2) is 5.11 Å². The topological polar surface area (TPSA) is 32.3 Å². The molecule has 1 aliphatic rings. The molecule has 2 nitrogen and oxygen atoms in total. The number of rotatable bonds is 4. The number of aliphatic hydroxyl groups excluding tert-OH is 1. The van der Waals surface area contributed by atoms with Gasteiger partial charge in [0.2, 0.25) is 0 Å². The number of aliphatic hydroxyl groups is 1. The van der Waals surface area contributed by atoms with Crippen LogP contribution in [0.3, 0.4) is 0 Å². The van der Waals surface area contributed by atoms with E-state index >= 15 is 0 Å². The summed E-state index contributed by atoms with van der Waals surface area (Å²) in [4.78, 5) is 0. The molecule has 0 spiro atoms. The van der Waals surface area contributed by atoms with E-state index in [4.69, 9.17) is 0 Å². The van der Waals surface area contributed by atoms with Gasteiger partial charge in [-0.25, -0.2) is 0 Å². The van der Waals surface area contributed by atoms with E-state index in [-0.39, 0.29) is 6.61 Å². The van der Waals surface area contributed by atoms with Gasteiger partial charge in [-0.3, -0.25) is 0 Å². The molecule has 0 amide bonds. The molecule has 2 atom stereocenters. The van der Waals surface area contributed by atoms with Crippen LogP contribution in [0.1, 0.15) is 54.0 Å². The van der Waals surface area contributed by atoms with E-state index in [1.807, 2.05) is 12.1 Å². The van der Waals surface area contributed by atoms with Crippen LogP contribution in [0.5, 0.6) is 0 Å². The molecule has 0 saturated heterocycles. The van der Waals surface area contributed by atoms with E-state index in [9.17, 15) is 5.11 Å². The molecular weight excluding hydrogens is 258 g/mol. The third-order valence-corrected chi connectivity index (χ3v) is 4.52. The minimum atomic E-state index is 0.109. The van der Waals surface area contributed by atoms with Crippen LogP contribution in [-0.2, 0) is 13.2 Å². The van der Waals surface area contributed by atoms with Gasteiger partial charge < -0.3 is 10.4 Å². The Labute approximate surface area is 126 Å². The van der Waals surface area contributed by atoms with Crippen LogP contribution in [0.4, 0.5) is 0 Å². The van der Waals surface area contributed by atoms with Crippen LogP contribution in [0, 0.1) is 0 Å². The first-order chi connectivity index (χ1) is 10.3. The van der Waals surface area contributed by atoms with Crippen molar-refractivity contribution in [1.82, 2.24) is 5.32 Å². The standard InChI is InChI=1S/C19H23NO/c1-14-9-10-19(18-8-3-2-7-17(14)18)20-12-15-5-4-6-16(11-15)13-21/h2-8,11,14,19-21H,9-10,12-13H2,1H3. The number of fused-ring (bicyclic) bond motifs is 1. The van der Waals surface area contributed by atoms with Gasteiger partial charge in [-0.05, 0) is 41.0 Å². The van der Waals surface area contributed by atoms with Crippen molar-refractivity contribution < 1.29 is 5.11 Å². The maximum atomic E-state index is 9.22. The molecule has 3 rings (SSSR count). The van der Waals surface area contributed by atoms with E-state index < -0.39 is 0 Å². The van der Waals surface area contributed by atoms with Crippen molar-refractivity contribution in [2.45, 2.75) is 44.9 Å². The van der Waals surface area contributed by atoms with Gasteiger partial charge >= 0.3 is 0 Å². The maximum absolute atomic E-state index is 9.22. The van der Waals surface area contributed by atoms with Crippen molar-refractivity contribution in [1.29, 1.82) is 0 Å². The Morgan fingerprint density at radius 2 is 1.76 bits per heavy atom. The highest BCUT2D eigenvalue weighted by Crippen LogP contribution is 2.37. The summed E-state index contributed by atoms with van der Waals surface area (Å²) >= 11 is 0. The molecule has 2 aromatic rings. The monoisotopic (exact) mass is 281 g/mol. The Bertz CT molecular complexity index is 608. The zero-order chi connectivity index (χ0) is 14.7. The van der Waals surface area contributed by atoms with Gasteiger partial charge in [0.05, 0.1) is 6.61 Å². The minimum Gasteiger partial charge on any atom is -0.392 e. The summed E-state index contributed by atoms with van der Waals surface area (Å²) in [6.07, 6.45) is 2.43. The van der Waals surface area contributed by atoms with E-state index in [1.165, 1.54) is 29.5 Å². The van der Waals surface area contributed by atoms with Gasteiger partial charge in [0.1, 0.15) is 0 Å². The largest absolute Gasteiger partial charge is 0.392 e. The SMILES string of the molecule is CC1CCC(NCc2cccc(CO)c2)c2ccccc21. The fourth-order valence-corrected chi connectivity index (χ4v) is 3.30. The van der Waals surface area contributed by atoms with Crippen LogP contribution in [0.25, 0.3) is 0 Å². The Kier molecular flexibility index (Phi) is 4.37. The predicted molar refractivity (Wildman–Crippen MR) is 86.0 cm³/mol. The molecule has 0 fully saturated rings. The van der Waals surface area contributed by atoms with Gasteiger partial charge in [0, 0.05) is 12.6 Å². The second kappa shape index (κ2) is 6.42. The summed E-state index contributed by atoms with van der Waals surface area (Å²) in [6, 6.07) is 17.4. The van der Waals surface area contributed by atoms with Gasteiger partial charge in [-0.15, -0.1) is 0 Å². The summed E-state index contributed by atoms with van der Waals surface area (Å²) in [5.74, 6) is 0.664. The molecule has 0 aliphatic heterocycles. The Morgan fingerprint density at radius 3 is 2.57 bits per heavy atom. The molecule has 2 unspecified atom stereocenters. The first-order valence-electron chi connectivity index (χ1n) is 7.79. The van der Waals surface area contributed by atoms with E-state index in [0.717, 1.165) is 12.1 Å². The second-order valence-corrected chi connectivity index (χ2v) is 6.02. The molecule has 21 heavy (non-hydrogen) atoms. The zero-order valence-electron chi connectivity index (χ0n) is 12.5. The molecule has 2 N–H and O–H groups in total. The summed E-state index contributed by atoms with van der Waals surface area (Å²) in [5, 5.41) is 12.9. The first kappa shape index (κ1) is 14.3. The van der Waals surface area contributed by atoms with Crippen LogP contribution < -0.4 is 5.32 Å². The molecule has 110 valence electrons. The average molecular weight is 281 g/mol. The fourth-order valence-electron chi connectivity index (χ4n) is 3.30. The molecule has 1 aliphatic carbocycles. The quantitative estimate of drug-likeness (QED) is 0.890. The zero-order valence-corrected chi connectivity index (χ0v) is 12.5. The van der Waals surface area contributed by atoms with E-state index in [2.05, 4.69) is 48.6 Å². The number of benzene rings is 2. The molecule has 0 aromatic heterocycles. The van der Waals surface area contributed by atoms with Crippen molar-refractivity contribution in [3.8, 4) is 0 Å². The van der Waals surface area contributed by atoms with Gasteiger partial charge in [-0.2, -0.15) is 0 Å². The van der Waals surface area contributed by atoms with E-state index in [1.54, 1.807) is 0 Å². The number of nitrogens with one attached hydrogen (secondary N) is 1. The molecule has 0 radical (unpaired) electrons. The highest BCUT2D eigenvalue weighted by molar-refractivity contribution is 5.35. The molecule has 2 aromatic carbocycles. The number of hydrogen-bond acceptors (Lipinski definition) is 2. The minimum absolute atomic E-state index is 0.109. The van der Waals surface area contributed by atoms with Gasteiger partial charge in [-0.1, -0.05) is 55.5 Å². The number of hydrogen-bond donors (Lipinski definition) is 2. The fraction of sp³-hybridized carbons (Fsp3) is 0.368. The predicted octanol–water partition coefficient (Wildman–Crippen LogP) is 3.91. The smallest absolute Gasteiger partial charge is 0.0681 e. The summed E-state index contributed by atoms with van der Waals surface area (Å²) in [7, 11) is 0. The average Bonchev–Trinajstić information content (AvgIpc) is 2.55. The molecular formula is C19H23NO. The third-order valence-electron chi connectivity index (χ3n) is 4.52. The lowest BCUT2D eigenvalue weighted by Crippen LogP contribution is -2.25. The highest BCUT2D eigenvalue weighted by atomic mass is 16.3. The lowest BCUT2D eigenvalue weighted by molar-refractivity contribution is 0.281. The van der Waals surface area contributed by atoms with Crippen molar-refractivity contribution >= 4 is 0 Å². The van der Waals surface area contributed by atoms with Gasteiger partial charge in [0.15, 0.2) is 0 Å².